The fourth-order valence-corrected chi connectivity index (χ4v) is 4.59. The van der Waals surface area contributed by atoms with Crippen molar-refractivity contribution in [1.82, 2.24) is 4.90 Å². The summed E-state index contributed by atoms with van der Waals surface area (Å²) in [4.78, 5) is 39.9. The maximum Gasteiger partial charge on any atom is 0.417 e. The topological polar surface area (TPSA) is 101 Å². The number of fused-ring (bicyclic) bond motifs is 3. The molecule has 3 saturated heterocycles. The van der Waals surface area contributed by atoms with Crippen molar-refractivity contribution in [1.29, 1.82) is 0 Å². The number of piperidine rings is 1. The van der Waals surface area contributed by atoms with Crippen LogP contribution < -0.4 is 0 Å². The van der Waals surface area contributed by atoms with E-state index < -0.39 is 64.5 Å². The van der Waals surface area contributed by atoms with Gasteiger partial charge in [-0.15, -0.1) is 0 Å². The number of amides is 2. The van der Waals surface area contributed by atoms with Gasteiger partial charge in [0.2, 0.25) is 5.91 Å². The fraction of sp³-hybridized carbons (Fsp3) is 0.857. The number of rotatable bonds is 2. The molecule has 0 aromatic carbocycles. The molecule has 0 unspecified atom stereocenters. The lowest BCUT2D eigenvalue weighted by Gasteiger charge is -2.42. The van der Waals surface area contributed by atoms with Gasteiger partial charge >= 0.3 is 18.0 Å². The Morgan fingerprint density at radius 1 is 1.07 bits per heavy atom. The number of carbonyl (C=O) groups is 3. The van der Waals surface area contributed by atoms with Crippen molar-refractivity contribution in [3.8, 4) is 0 Å². The highest BCUT2D eigenvalue weighted by Gasteiger charge is 2.79. The molecule has 1 aliphatic carbocycles. The normalized spacial score (nSPS) is 40.2. The Hall–Kier alpha value is -1.71. The second-order valence-electron chi connectivity index (χ2n) is 10.8. The molecule has 4 aliphatic rings. The van der Waals surface area contributed by atoms with Gasteiger partial charge in [0.1, 0.15) is 17.2 Å². The number of likely N-dealkylation sites (tertiary alicyclic amines) is 1. The van der Waals surface area contributed by atoms with Gasteiger partial charge in [-0.25, -0.2) is 9.69 Å². The number of hydrogen-bond donors (Lipinski definition) is 0. The van der Waals surface area contributed by atoms with Crippen molar-refractivity contribution in [3.63, 3.8) is 0 Å². The van der Waals surface area contributed by atoms with E-state index in [0.717, 1.165) is 4.90 Å². The van der Waals surface area contributed by atoms with Gasteiger partial charge in [-0.1, -0.05) is 0 Å². The molecule has 3 aliphatic heterocycles. The van der Waals surface area contributed by atoms with Gasteiger partial charge in [0.15, 0.2) is 0 Å². The summed E-state index contributed by atoms with van der Waals surface area (Å²) in [6, 6.07) is -0.926. The van der Waals surface area contributed by atoms with E-state index in [0.29, 0.717) is 13.0 Å². The maximum absolute atomic E-state index is 13.2. The lowest BCUT2D eigenvalue weighted by Crippen LogP contribution is -2.61. The third-order valence-corrected chi connectivity index (χ3v) is 5.77. The second-order valence-corrected chi connectivity index (χ2v) is 10.8. The van der Waals surface area contributed by atoms with E-state index in [4.69, 9.17) is 23.7 Å². The van der Waals surface area contributed by atoms with E-state index in [1.165, 1.54) is 0 Å². The van der Waals surface area contributed by atoms with Crippen LogP contribution in [0, 0.1) is 17.8 Å². The van der Waals surface area contributed by atoms with Gasteiger partial charge in [0.25, 0.3) is 0 Å². The molecule has 9 nitrogen and oxygen atoms in total. The molecule has 30 heavy (non-hydrogen) atoms. The molecule has 0 aromatic heterocycles. The van der Waals surface area contributed by atoms with E-state index in [9.17, 15) is 14.4 Å². The van der Waals surface area contributed by atoms with Gasteiger partial charge in [-0.2, -0.15) is 0 Å². The minimum absolute atomic E-state index is 0.272. The SMILES string of the molecule is CC(C)(C)OC(=O)[C@@H]1[C@H]2C(=O)N(C(=O)OC(C)(C)C)[C@H]([C@]34OCC[C@](C)(CO3)O4)[C@@H]12. The third kappa shape index (κ3) is 3.50. The highest BCUT2D eigenvalue weighted by atomic mass is 16.9. The molecule has 4 fully saturated rings. The summed E-state index contributed by atoms with van der Waals surface area (Å²) in [7, 11) is 0. The Kier molecular flexibility index (Phi) is 4.59. The number of esters is 1. The number of nitrogens with zero attached hydrogens (tertiary/aromatic N) is 1. The highest BCUT2D eigenvalue weighted by Crippen LogP contribution is 2.62. The summed E-state index contributed by atoms with van der Waals surface area (Å²) >= 11 is 0. The van der Waals surface area contributed by atoms with Crippen LogP contribution >= 0.6 is 0 Å². The summed E-state index contributed by atoms with van der Waals surface area (Å²) < 4.78 is 29.0. The highest BCUT2D eigenvalue weighted by molar-refractivity contribution is 6.02. The van der Waals surface area contributed by atoms with Crippen LogP contribution in [-0.4, -0.2) is 64.9 Å². The van der Waals surface area contributed by atoms with Crippen molar-refractivity contribution in [2.24, 2.45) is 17.8 Å². The first kappa shape index (κ1) is 21.5. The van der Waals surface area contributed by atoms with Gasteiger partial charge in [0, 0.05) is 12.3 Å². The second kappa shape index (κ2) is 6.40. The predicted molar refractivity (Wildman–Crippen MR) is 102 cm³/mol. The summed E-state index contributed by atoms with van der Waals surface area (Å²) in [6.07, 6.45) is -0.164. The summed E-state index contributed by atoms with van der Waals surface area (Å²) in [5.74, 6) is -4.42. The quantitative estimate of drug-likeness (QED) is 0.621. The standard InChI is InChI=1S/C21H31NO8/c1-18(2,3)28-16(24)13-11-12(13)15(23)22(17(25)29-19(4,5)6)14(11)21-26-9-8-20(7,30-21)10-27-21/h11-14H,8-10H2,1-7H3/t11-,12+,13+,14+,20-,21+/m1/s1. The summed E-state index contributed by atoms with van der Waals surface area (Å²) in [5.41, 5.74) is -2.05. The Bertz CT molecular complexity index is 783. The van der Waals surface area contributed by atoms with E-state index in [-0.39, 0.29) is 6.61 Å². The molecule has 0 N–H and O–H groups in total. The van der Waals surface area contributed by atoms with Crippen molar-refractivity contribution in [3.05, 3.63) is 0 Å². The molecule has 4 rings (SSSR count). The molecule has 9 heteroatoms. The number of ether oxygens (including phenoxy) is 5. The van der Waals surface area contributed by atoms with Gasteiger partial charge in [0.05, 0.1) is 30.7 Å². The van der Waals surface area contributed by atoms with Crippen molar-refractivity contribution < 1.29 is 38.1 Å². The third-order valence-electron chi connectivity index (χ3n) is 5.77. The lowest BCUT2D eigenvalue weighted by atomic mass is 10.0. The average Bonchev–Trinajstić information content (AvgIpc) is 3.14. The van der Waals surface area contributed by atoms with Crippen LogP contribution in [0.2, 0.25) is 0 Å². The first-order valence-corrected chi connectivity index (χ1v) is 10.4. The summed E-state index contributed by atoms with van der Waals surface area (Å²) in [5, 5.41) is 0. The van der Waals surface area contributed by atoms with E-state index in [2.05, 4.69) is 0 Å². The van der Waals surface area contributed by atoms with Gasteiger partial charge < -0.3 is 23.7 Å². The van der Waals surface area contributed by atoms with Crippen LogP contribution in [0.1, 0.15) is 54.9 Å². The molecule has 0 aromatic rings. The fourth-order valence-electron chi connectivity index (χ4n) is 4.59. The minimum atomic E-state index is -1.60. The Labute approximate surface area is 176 Å². The lowest BCUT2D eigenvalue weighted by molar-refractivity contribution is -0.387. The van der Waals surface area contributed by atoms with E-state index >= 15 is 0 Å². The van der Waals surface area contributed by atoms with Crippen LogP contribution in [0.15, 0.2) is 0 Å². The van der Waals surface area contributed by atoms with Crippen LogP contribution in [0.5, 0.6) is 0 Å². The Morgan fingerprint density at radius 2 is 1.70 bits per heavy atom. The molecule has 0 spiro atoms. The van der Waals surface area contributed by atoms with Crippen molar-refractivity contribution in [2.75, 3.05) is 13.2 Å². The zero-order valence-corrected chi connectivity index (χ0v) is 18.6. The van der Waals surface area contributed by atoms with Crippen LogP contribution in [-0.2, 0) is 33.3 Å². The Morgan fingerprint density at radius 3 is 2.30 bits per heavy atom. The first-order valence-electron chi connectivity index (χ1n) is 10.4. The molecular weight excluding hydrogens is 394 g/mol. The molecule has 3 heterocycles. The van der Waals surface area contributed by atoms with E-state index in [1.54, 1.807) is 41.5 Å². The molecule has 168 valence electrons. The van der Waals surface area contributed by atoms with Gasteiger partial charge in [-0.05, 0) is 48.5 Å². The van der Waals surface area contributed by atoms with Gasteiger partial charge in [-0.3, -0.25) is 9.59 Å². The smallest absolute Gasteiger partial charge is 0.417 e. The zero-order chi connectivity index (χ0) is 22.3. The van der Waals surface area contributed by atoms with Crippen LogP contribution in [0.4, 0.5) is 4.79 Å². The Balaban J connectivity index is 1.66. The maximum atomic E-state index is 13.2. The largest absolute Gasteiger partial charge is 0.460 e. The van der Waals surface area contributed by atoms with Crippen LogP contribution in [0.3, 0.4) is 0 Å². The predicted octanol–water partition coefficient (Wildman–Crippen LogP) is 2.22. The monoisotopic (exact) mass is 425 g/mol. The minimum Gasteiger partial charge on any atom is -0.460 e. The molecule has 2 amide bonds. The van der Waals surface area contributed by atoms with E-state index in [1.807, 2.05) is 6.92 Å². The number of carbonyl (C=O) groups excluding carboxylic acids is 3. The van der Waals surface area contributed by atoms with Crippen molar-refractivity contribution in [2.45, 2.75) is 83.7 Å². The molecule has 6 atom stereocenters. The first-order chi connectivity index (χ1) is 13.7. The van der Waals surface area contributed by atoms with Crippen molar-refractivity contribution >= 4 is 18.0 Å². The molecule has 1 saturated carbocycles. The molecule has 2 bridgehead atoms. The molecule has 0 radical (unpaired) electrons. The summed E-state index contributed by atoms with van der Waals surface area (Å²) in [6.45, 7) is 13.0. The molecular formula is C21H31NO8. The average molecular weight is 425 g/mol. The number of hydrogen-bond acceptors (Lipinski definition) is 8. The zero-order valence-electron chi connectivity index (χ0n) is 18.6. The van der Waals surface area contributed by atoms with Crippen LogP contribution in [0.25, 0.3) is 0 Å². The number of imide groups is 1.